The number of ether oxygens (including phenoxy) is 1. The first-order chi connectivity index (χ1) is 13.7. The van der Waals surface area contributed by atoms with Crippen LogP contribution in [0.15, 0.2) is 36.7 Å². The molecule has 0 atom stereocenters. The second-order valence-corrected chi connectivity index (χ2v) is 7.36. The average Bonchev–Trinajstić information content (AvgIpc) is 3.27. The Morgan fingerprint density at radius 1 is 1.07 bits per heavy atom. The van der Waals surface area contributed by atoms with Gasteiger partial charge in [-0.25, -0.2) is 9.97 Å². The molecule has 1 N–H and O–H groups in total. The van der Waals surface area contributed by atoms with Gasteiger partial charge in [0.1, 0.15) is 23.6 Å². The van der Waals surface area contributed by atoms with Gasteiger partial charge in [0.15, 0.2) is 0 Å². The van der Waals surface area contributed by atoms with Gasteiger partial charge in [-0.2, -0.15) is 0 Å². The minimum Gasteiger partial charge on any atom is -0.495 e. The summed E-state index contributed by atoms with van der Waals surface area (Å²) in [6.45, 7) is 3.40. The minimum atomic E-state index is -0.0943. The summed E-state index contributed by atoms with van der Waals surface area (Å²) in [5.41, 5.74) is 1.56. The lowest BCUT2D eigenvalue weighted by atomic mass is 10.2. The molecule has 2 heterocycles. The van der Waals surface area contributed by atoms with Crippen LogP contribution in [0.25, 0.3) is 0 Å². The zero-order chi connectivity index (χ0) is 19.3. The first kappa shape index (κ1) is 18.5. The molecular formula is C21H27N5O2. The van der Waals surface area contributed by atoms with E-state index < -0.39 is 0 Å². The highest BCUT2D eigenvalue weighted by atomic mass is 16.5. The van der Waals surface area contributed by atoms with Crippen molar-refractivity contribution < 1.29 is 9.53 Å². The molecular weight excluding hydrogens is 354 g/mol. The summed E-state index contributed by atoms with van der Waals surface area (Å²) in [6, 6.07) is 10.2. The molecule has 1 aliphatic heterocycles. The number of nitrogens with one attached hydrogen (secondary N) is 1. The standard InChI is InChI=1S/C21H27N5O2/c1-28-19-9-5-4-8-18(19)25-10-12-26(13-11-25)20-14-17(22-15-23-20)21(27)24-16-6-2-3-7-16/h4-5,8-9,14-16H,2-3,6-7,10-13H2,1H3,(H,24,27). The topological polar surface area (TPSA) is 70.6 Å². The SMILES string of the molecule is COc1ccccc1N1CCN(c2cc(C(=O)NC3CCCC3)ncn2)CC1. The number of anilines is 2. The smallest absolute Gasteiger partial charge is 0.270 e. The van der Waals surface area contributed by atoms with E-state index >= 15 is 0 Å². The summed E-state index contributed by atoms with van der Waals surface area (Å²) >= 11 is 0. The van der Waals surface area contributed by atoms with Crippen LogP contribution in [0.2, 0.25) is 0 Å². The molecule has 1 aliphatic carbocycles. The van der Waals surface area contributed by atoms with E-state index in [1.807, 2.05) is 24.3 Å². The van der Waals surface area contributed by atoms with E-state index in [1.165, 1.54) is 19.2 Å². The van der Waals surface area contributed by atoms with Gasteiger partial charge in [0, 0.05) is 38.3 Å². The van der Waals surface area contributed by atoms with Crippen molar-refractivity contribution in [2.45, 2.75) is 31.7 Å². The molecule has 4 rings (SSSR count). The number of aromatic nitrogens is 2. The van der Waals surface area contributed by atoms with Crippen LogP contribution < -0.4 is 19.9 Å². The summed E-state index contributed by atoms with van der Waals surface area (Å²) in [7, 11) is 1.70. The highest BCUT2D eigenvalue weighted by molar-refractivity contribution is 5.93. The number of para-hydroxylation sites is 2. The van der Waals surface area contributed by atoms with Gasteiger partial charge in [-0.3, -0.25) is 4.79 Å². The number of methoxy groups -OCH3 is 1. The van der Waals surface area contributed by atoms with Crippen molar-refractivity contribution in [3.8, 4) is 5.75 Å². The van der Waals surface area contributed by atoms with E-state index in [4.69, 9.17) is 4.74 Å². The number of nitrogens with zero attached hydrogens (tertiary/aromatic N) is 4. The zero-order valence-corrected chi connectivity index (χ0v) is 16.3. The lowest BCUT2D eigenvalue weighted by Gasteiger charge is -2.37. The molecule has 0 bridgehead atoms. The fourth-order valence-corrected chi connectivity index (χ4v) is 4.04. The molecule has 1 aromatic carbocycles. The number of carbonyl (C=O) groups is 1. The molecule has 1 saturated carbocycles. The highest BCUT2D eigenvalue weighted by Crippen LogP contribution is 2.29. The second kappa shape index (κ2) is 8.46. The van der Waals surface area contributed by atoms with Crippen LogP contribution in [-0.4, -0.2) is 55.2 Å². The Morgan fingerprint density at radius 3 is 2.54 bits per heavy atom. The third-order valence-corrected chi connectivity index (χ3v) is 5.61. The Morgan fingerprint density at radius 2 is 1.79 bits per heavy atom. The number of hydrogen-bond donors (Lipinski definition) is 1. The van der Waals surface area contributed by atoms with Gasteiger partial charge in [0.2, 0.25) is 0 Å². The summed E-state index contributed by atoms with van der Waals surface area (Å²) in [4.78, 5) is 25.6. The maximum absolute atomic E-state index is 12.5. The van der Waals surface area contributed by atoms with Crippen molar-refractivity contribution in [2.75, 3.05) is 43.1 Å². The number of hydrogen-bond acceptors (Lipinski definition) is 6. The van der Waals surface area contributed by atoms with Crippen LogP contribution in [0, 0.1) is 0 Å². The first-order valence-corrected chi connectivity index (χ1v) is 10.0. The Hall–Kier alpha value is -2.83. The summed E-state index contributed by atoms with van der Waals surface area (Å²) in [5.74, 6) is 1.61. The minimum absolute atomic E-state index is 0.0943. The van der Waals surface area contributed by atoms with Crippen LogP contribution in [0.1, 0.15) is 36.2 Å². The summed E-state index contributed by atoms with van der Waals surface area (Å²) < 4.78 is 5.49. The molecule has 1 amide bonds. The number of piperazine rings is 1. The first-order valence-electron chi connectivity index (χ1n) is 10.0. The summed E-state index contributed by atoms with van der Waals surface area (Å²) in [5, 5.41) is 3.10. The van der Waals surface area contributed by atoms with Crippen LogP contribution >= 0.6 is 0 Å². The van der Waals surface area contributed by atoms with Gasteiger partial charge in [-0.05, 0) is 25.0 Å². The molecule has 0 radical (unpaired) electrons. The van der Waals surface area contributed by atoms with E-state index in [0.29, 0.717) is 5.69 Å². The van der Waals surface area contributed by atoms with Gasteiger partial charge < -0.3 is 19.9 Å². The van der Waals surface area contributed by atoms with E-state index in [2.05, 4.69) is 31.2 Å². The molecule has 1 saturated heterocycles. The monoisotopic (exact) mass is 381 g/mol. The lowest BCUT2D eigenvalue weighted by molar-refractivity contribution is 0.0932. The van der Waals surface area contributed by atoms with Gasteiger partial charge in [0.05, 0.1) is 12.8 Å². The van der Waals surface area contributed by atoms with E-state index in [0.717, 1.165) is 56.3 Å². The van der Waals surface area contributed by atoms with Crippen molar-refractivity contribution in [3.63, 3.8) is 0 Å². The second-order valence-electron chi connectivity index (χ2n) is 7.36. The molecule has 0 unspecified atom stereocenters. The Kier molecular flexibility index (Phi) is 5.60. The maximum atomic E-state index is 12.5. The van der Waals surface area contributed by atoms with Gasteiger partial charge in [-0.15, -0.1) is 0 Å². The normalized spacial score (nSPS) is 17.6. The van der Waals surface area contributed by atoms with Crippen molar-refractivity contribution >= 4 is 17.4 Å². The van der Waals surface area contributed by atoms with Crippen molar-refractivity contribution in [2.24, 2.45) is 0 Å². The Balaban J connectivity index is 1.40. The number of benzene rings is 1. The highest BCUT2D eigenvalue weighted by Gasteiger charge is 2.22. The number of rotatable bonds is 5. The molecule has 2 aliphatic rings. The molecule has 148 valence electrons. The third kappa shape index (κ3) is 4.03. The van der Waals surface area contributed by atoms with Crippen LogP contribution in [0.3, 0.4) is 0 Å². The fraction of sp³-hybridized carbons (Fsp3) is 0.476. The van der Waals surface area contributed by atoms with Crippen LogP contribution in [0.5, 0.6) is 5.75 Å². The van der Waals surface area contributed by atoms with Crippen molar-refractivity contribution in [1.29, 1.82) is 0 Å². The number of amides is 1. The predicted octanol–water partition coefficient (Wildman–Crippen LogP) is 2.48. The van der Waals surface area contributed by atoms with Crippen molar-refractivity contribution in [1.82, 2.24) is 15.3 Å². The maximum Gasteiger partial charge on any atom is 0.270 e. The fourth-order valence-electron chi connectivity index (χ4n) is 4.04. The quantitative estimate of drug-likeness (QED) is 0.858. The Bertz CT molecular complexity index is 814. The molecule has 28 heavy (non-hydrogen) atoms. The molecule has 1 aromatic heterocycles. The van der Waals surface area contributed by atoms with Crippen LogP contribution in [-0.2, 0) is 0 Å². The van der Waals surface area contributed by atoms with E-state index in [-0.39, 0.29) is 11.9 Å². The average molecular weight is 381 g/mol. The van der Waals surface area contributed by atoms with Gasteiger partial charge in [-0.1, -0.05) is 25.0 Å². The zero-order valence-electron chi connectivity index (χ0n) is 16.3. The Labute approximate surface area is 165 Å². The van der Waals surface area contributed by atoms with E-state index in [9.17, 15) is 4.79 Å². The molecule has 7 nitrogen and oxygen atoms in total. The van der Waals surface area contributed by atoms with Crippen LogP contribution in [0.4, 0.5) is 11.5 Å². The molecule has 2 aromatic rings. The largest absolute Gasteiger partial charge is 0.495 e. The van der Waals surface area contributed by atoms with E-state index in [1.54, 1.807) is 7.11 Å². The lowest BCUT2D eigenvalue weighted by Crippen LogP contribution is -2.47. The molecule has 2 fully saturated rings. The number of carbonyl (C=O) groups excluding carboxylic acids is 1. The van der Waals surface area contributed by atoms with Gasteiger partial charge >= 0.3 is 0 Å². The van der Waals surface area contributed by atoms with Crippen molar-refractivity contribution in [3.05, 3.63) is 42.4 Å². The van der Waals surface area contributed by atoms with Gasteiger partial charge in [0.25, 0.3) is 5.91 Å². The third-order valence-electron chi connectivity index (χ3n) is 5.61. The summed E-state index contributed by atoms with van der Waals surface area (Å²) in [6.07, 6.45) is 6.00. The molecule has 0 spiro atoms. The predicted molar refractivity (Wildman–Crippen MR) is 109 cm³/mol. The molecule has 7 heteroatoms.